The van der Waals surface area contributed by atoms with E-state index in [2.05, 4.69) is 31.8 Å². The predicted molar refractivity (Wildman–Crippen MR) is 165 cm³/mol. The second kappa shape index (κ2) is 16.2. The maximum absolute atomic E-state index is 13.2. The van der Waals surface area contributed by atoms with Gasteiger partial charge in [-0.15, -0.1) is 0 Å². The van der Waals surface area contributed by atoms with E-state index >= 15 is 0 Å². The van der Waals surface area contributed by atoms with E-state index in [4.69, 9.17) is 37.4 Å². The third kappa shape index (κ3) is 9.95. The van der Waals surface area contributed by atoms with Crippen LogP contribution < -0.4 is 25.0 Å². The van der Waals surface area contributed by atoms with Gasteiger partial charge in [-0.3, -0.25) is 9.59 Å². The molecule has 0 aromatic heterocycles. The van der Waals surface area contributed by atoms with Gasteiger partial charge in [0.1, 0.15) is 11.8 Å². The summed E-state index contributed by atoms with van der Waals surface area (Å²) in [4.78, 5) is 26.2. The highest BCUT2D eigenvalue weighted by molar-refractivity contribution is 9.10. The minimum absolute atomic E-state index is 0.242. The van der Waals surface area contributed by atoms with Gasteiger partial charge in [0.2, 0.25) is 0 Å². The Morgan fingerprint density at radius 2 is 1.76 bits per heavy atom. The number of benzene rings is 3. The zero-order chi connectivity index (χ0) is 29.8. The van der Waals surface area contributed by atoms with Gasteiger partial charge in [0.15, 0.2) is 17.6 Å². The average Bonchev–Trinajstić information content (AvgIpc) is 2.94. The van der Waals surface area contributed by atoms with Crippen molar-refractivity contribution < 1.29 is 23.8 Å². The molecule has 3 rings (SSSR count). The highest BCUT2D eigenvalue weighted by Crippen LogP contribution is 2.36. The summed E-state index contributed by atoms with van der Waals surface area (Å²) in [5, 5.41) is 7.61. The summed E-state index contributed by atoms with van der Waals surface area (Å²) in [6.45, 7) is 6.48. The van der Waals surface area contributed by atoms with Crippen LogP contribution in [0, 0.1) is 0 Å². The Hall–Kier alpha value is -3.27. The summed E-state index contributed by atoms with van der Waals surface area (Å²) in [6.07, 6.45) is 1.65. The topological polar surface area (TPSA) is 98.2 Å². The van der Waals surface area contributed by atoms with Crippen molar-refractivity contribution in [3.63, 3.8) is 0 Å². The number of hydrogen-bond acceptors (Lipinski definition) is 6. The van der Waals surface area contributed by atoms with Crippen LogP contribution in [-0.2, 0) is 16.0 Å². The van der Waals surface area contributed by atoms with Crippen molar-refractivity contribution in [2.45, 2.75) is 45.8 Å². The fourth-order valence-electron chi connectivity index (χ4n) is 3.68. The van der Waals surface area contributed by atoms with Gasteiger partial charge in [0.25, 0.3) is 11.8 Å². The minimum Gasteiger partial charge on any atom is -0.490 e. The number of carbonyl (C=O) groups excluding carboxylic acids is 2. The van der Waals surface area contributed by atoms with E-state index in [9.17, 15) is 9.59 Å². The number of hydrazone groups is 1. The van der Waals surface area contributed by atoms with Gasteiger partial charge in [0.05, 0.1) is 28.9 Å². The molecule has 0 aliphatic rings. The second-order valence-corrected chi connectivity index (χ2v) is 10.6. The smallest absolute Gasteiger partial charge is 0.262 e. The predicted octanol–water partition coefficient (Wildman–Crippen LogP) is 6.59. The van der Waals surface area contributed by atoms with Crippen LogP contribution in [0.25, 0.3) is 0 Å². The molecule has 0 saturated carbocycles. The Balaban J connectivity index is 1.73. The van der Waals surface area contributed by atoms with E-state index in [1.165, 1.54) is 12.3 Å². The molecule has 41 heavy (non-hydrogen) atoms. The van der Waals surface area contributed by atoms with Crippen molar-refractivity contribution in [1.82, 2.24) is 10.7 Å². The summed E-state index contributed by atoms with van der Waals surface area (Å²) >= 11 is 15.6. The second-order valence-electron chi connectivity index (χ2n) is 8.93. The fourth-order valence-corrected chi connectivity index (χ4v) is 4.71. The number of amides is 2. The Kier molecular flexibility index (Phi) is 12.8. The molecule has 3 aromatic rings. The Bertz CT molecular complexity index is 1360. The van der Waals surface area contributed by atoms with E-state index < -0.39 is 24.0 Å². The molecule has 8 nitrogen and oxygen atoms in total. The Labute approximate surface area is 258 Å². The fraction of sp³-hybridized carbons (Fsp3) is 0.300. The van der Waals surface area contributed by atoms with Gasteiger partial charge < -0.3 is 19.5 Å². The minimum atomic E-state index is -0.939. The van der Waals surface area contributed by atoms with Crippen molar-refractivity contribution >= 4 is 57.2 Å². The van der Waals surface area contributed by atoms with Crippen molar-refractivity contribution in [3.8, 4) is 17.2 Å². The molecule has 2 atom stereocenters. The molecular weight excluding hydrogens is 633 g/mol. The zero-order valence-electron chi connectivity index (χ0n) is 23.0. The Morgan fingerprint density at radius 3 is 2.44 bits per heavy atom. The molecule has 2 N–H and O–H groups in total. The van der Waals surface area contributed by atoms with Crippen molar-refractivity contribution in [3.05, 3.63) is 86.3 Å². The third-order valence-corrected chi connectivity index (χ3v) is 6.77. The molecule has 0 aliphatic carbocycles. The number of nitrogens with one attached hydrogen (secondary N) is 2. The number of rotatable bonds is 14. The van der Waals surface area contributed by atoms with Crippen LogP contribution in [0.2, 0.25) is 10.0 Å². The number of hydrogen-bond donors (Lipinski definition) is 2. The molecule has 3 aromatic carbocycles. The highest BCUT2D eigenvalue weighted by atomic mass is 79.9. The lowest BCUT2D eigenvalue weighted by molar-refractivity contribution is -0.132. The summed E-state index contributed by atoms with van der Waals surface area (Å²) in [6, 6.07) is 16.7. The average molecular weight is 665 g/mol. The number of carbonyl (C=O) groups is 2. The third-order valence-electron chi connectivity index (χ3n) is 5.65. The summed E-state index contributed by atoms with van der Waals surface area (Å²) < 4.78 is 18.0. The lowest BCUT2D eigenvalue weighted by Crippen LogP contribution is -2.50. The first kappa shape index (κ1) is 32.2. The van der Waals surface area contributed by atoms with Crippen LogP contribution in [0.15, 0.2) is 70.2 Å². The molecule has 0 spiro atoms. The van der Waals surface area contributed by atoms with Crippen LogP contribution in [0.4, 0.5) is 0 Å². The van der Waals surface area contributed by atoms with E-state index in [-0.39, 0.29) is 11.4 Å². The standard InChI is InChI=1S/C30H32BrCl2N3O5/c1-4-13-40-28-23(31)14-21(16-27(28)39-5-2)18-34-36-30(38)25(15-20-9-7-6-8-10-20)35-29(37)19(3)41-26-12-11-22(32)17-24(26)33/h6-12,14,16-19,25H,4-5,13,15H2,1-3H3,(H,35,37)(H,36,38)/b34-18-/t19-,25-/m1/s1. The molecule has 0 saturated heterocycles. The summed E-state index contributed by atoms with van der Waals surface area (Å²) in [5.41, 5.74) is 4.07. The molecule has 2 amide bonds. The molecular formula is C30H32BrCl2N3O5. The number of nitrogens with zero attached hydrogens (tertiary/aromatic N) is 1. The molecule has 0 bridgehead atoms. The molecule has 0 aliphatic heterocycles. The first-order valence-corrected chi connectivity index (χ1v) is 14.6. The molecule has 11 heteroatoms. The Morgan fingerprint density at radius 1 is 1.00 bits per heavy atom. The SMILES string of the molecule is CCCOc1c(Br)cc(/C=N\NC(=O)[C@@H](Cc2ccccc2)NC(=O)[C@@H](C)Oc2ccc(Cl)cc2Cl)cc1OCC. The van der Waals surface area contributed by atoms with E-state index in [1.54, 1.807) is 25.1 Å². The van der Waals surface area contributed by atoms with Gasteiger partial charge in [-0.05, 0) is 77.7 Å². The van der Waals surface area contributed by atoms with Crippen LogP contribution in [0.3, 0.4) is 0 Å². The van der Waals surface area contributed by atoms with Crippen molar-refractivity contribution in [1.29, 1.82) is 0 Å². The van der Waals surface area contributed by atoms with Crippen LogP contribution in [0.1, 0.15) is 38.3 Å². The first-order chi connectivity index (χ1) is 19.7. The van der Waals surface area contributed by atoms with Crippen LogP contribution >= 0.6 is 39.1 Å². The number of halogens is 3. The van der Waals surface area contributed by atoms with Gasteiger partial charge in [-0.2, -0.15) is 5.10 Å². The zero-order valence-corrected chi connectivity index (χ0v) is 26.1. The molecule has 0 fully saturated rings. The normalized spacial score (nSPS) is 12.4. The van der Waals surface area contributed by atoms with E-state index in [0.717, 1.165) is 12.0 Å². The highest BCUT2D eigenvalue weighted by Gasteiger charge is 2.25. The monoisotopic (exact) mass is 663 g/mol. The van der Waals surface area contributed by atoms with Gasteiger partial charge >= 0.3 is 0 Å². The molecule has 218 valence electrons. The molecule has 0 unspecified atom stereocenters. The largest absolute Gasteiger partial charge is 0.490 e. The van der Waals surface area contributed by atoms with Gasteiger partial charge in [0, 0.05) is 11.4 Å². The summed E-state index contributed by atoms with van der Waals surface area (Å²) in [5.74, 6) is 0.478. The van der Waals surface area contributed by atoms with Gasteiger partial charge in [-0.25, -0.2) is 5.43 Å². The van der Waals surface area contributed by atoms with E-state index in [0.29, 0.717) is 45.5 Å². The first-order valence-electron chi connectivity index (χ1n) is 13.1. The van der Waals surface area contributed by atoms with Crippen LogP contribution in [-0.4, -0.2) is 43.4 Å². The number of ether oxygens (including phenoxy) is 3. The maximum atomic E-state index is 13.2. The lowest BCUT2D eigenvalue weighted by atomic mass is 10.1. The van der Waals surface area contributed by atoms with Crippen LogP contribution in [0.5, 0.6) is 17.2 Å². The quantitative estimate of drug-likeness (QED) is 0.150. The van der Waals surface area contributed by atoms with Crippen molar-refractivity contribution in [2.24, 2.45) is 5.10 Å². The van der Waals surface area contributed by atoms with E-state index in [1.807, 2.05) is 50.2 Å². The molecule has 0 radical (unpaired) electrons. The maximum Gasteiger partial charge on any atom is 0.262 e. The molecule has 0 heterocycles. The van der Waals surface area contributed by atoms with Gasteiger partial charge in [-0.1, -0.05) is 60.5 Å². The van der Waals surface area contributed by atoms with Crippen molar-refractivity contribution in [2.75, 3.05) is 13.2 Å². The summed E-state index contributed by atoms with van der Waals surface area (Å²) in [7, 11) is 0. The lowest BCUT2D eigenvalue weighted by Gasteiger charge is -2.21.